The zero-order valence-electron chi connectivity index (χ0n) is 9.60. The lowest BCUT2D eigenvalue weighted by atomic mass is 9.96. The van der Waals surface area contributed by atoms with Crippen molar-refractivity contribution >= 4 is 5.91 Å². The largest absolute Gasteiger partial charge is 0.396 e. The summed E-state index contributed by atoms with van der Waals surface area (Å²) >= 11 is 0. The highest BCUT2D eigenvalue weighted by atomic mass is 16.2. The molecule has 0 unspecified atom stereocenters. The van der Waals surface area contributed by atoms with Crippen molar-refractivity contribution in [2.24, 2.45) is 5.41 Å². The van der Waals surface area contributed by atoms with E-state index in [9.17, 15) is 4.79 Å². The summed E-state index contributed by atoms with van der Waals surface area (Å²) in [6.45, 7) is 6.76. The Bertz CT molecular complexity index is 161. The predicted molar refractivity (Wildman–Crippen MR) is 58.0 cm³/mol. The van der Waals surface area contributed by atoms with Gasteiger partial charge in [0.25, 0.3) is 0 Å². The number of hydrogen-bond donors (Lipinski definition) is 2. The lowest BCUT2D eigenvalue weighted by Gasteiger charge is -2.17. The van der Waals surface area contributed by atoms with Crippen LogP contribution in [0.25, 0.3) is 0 Å². The molecule has 14 heavy (non-hydrogen) atoms. The second-order valence-corrected chi connectivity index (χ2v) is 4.64. The van der Waals surface area contributed by atoms with Crippen molar-refractivity contribution in [2.45, 2.75) is 46.5 Å². The van der Waals surface area contributed by atoms with E-state index in [1.165, 1.54) is 0 Å². The number of hydrogen-bond acceptors (Lipinski definition) is 2. The van der Waals surface area contributed by atoms with Crippen LogP contribution in [0.15, 0.2) is 0 Å². The van der Waals surface area contributed by atoms with Gasteiger partial charge in [-0.2, -0.15) is 0 Å². The fourth-order valence-electron chi connectivity index (χ4n) is 1.06. The van der Waals surface area contributed by atoms with E-state index in [4.69, 9.17) is 5.11 Å². The molecule has 0 aromatic rings. The van der Waals surface area contributed by atoms with Gasteiger partial charge in [0.1, 0.15) is 0 Å². The highest BCUT2D eigenvalue weighted by molar-refractivity contribution is 5.81. The first-order valence-electron chi connectivity index (χ1n) is 5.37. The van der Waals surface area contributed by atoms with E-state index < -0.39 is 0 Å². The van der Waals surface area contributed by atoms with Gasteiger partial charge < -0.3 is 10.4 Å². The van der Waals surface area contributed by atoms with E-state index in [0.29, 0.717) is 0 Å². The average Bonchev–Trinajstić information content (AvgIpc) is 2.09. The topological polar surface area (TPSA) is 49.3 Å². The van der Waals surface area contributed by atoms with Gasteiger partial charge in [-0.3, -0.25) is 4.79 Å². The van der Waals surface area contributed by atoms with Crippen LogP contribution in [0.4, 0.5) is 0 Å². The maximum Gasteiger partial charge on any atom is 0.225 e. The van der Waals surface area contributed by atoms with Crippen LogP contribution in [0.1, 0.15) is 46.5 Å². The summed E-state index contributed by atoms with van der Waals surface area (Å²) < 4.78 is 0. The molecule has 0 aliphatic rings. The molecule has 0 aliphatic carbocycles. The number of carbonyl (C=O) groups is 1. The van der Waals surface area contributed by atoms with Gasteiger partial charge in [-0.15, -0.1) is 0 Å². The van der Waals surface area contributed by atoms with Gasteiger partial charge in [-0.05, 0) is 12.8 Å². The van der Waals surface area contributed by atoms with Gasteiger partial charge in [0.2, 0.25) is 5.91 Å². The van der Waals surface area contributed by atoms with Crippen molar-refractivity contribution in [1.29, 1.82) is 0 Å². The third kappa shape index (κ3) is 6.89. The monoisotopic (exact) mass is 201 g/mol. The number of aliphatic hydroxyl groups is 1. The first kappa shape index (κ1) is 13.4. The third-order valence-corrected chi connectivity index (χ3v) is 2.05. The summed E-state index contributed by atoms with van der Waals surface area (Å²) in [5.74, 6) is 0.111. The number of amides is 1. The molecular weight excluding hydrogens is 178 g/mol. The highest BCUT2D eigenvalue weighted by Gasteiger charge is 2.19. The average molecular weight is 201 g/mol. The molecule has 0 saturated heterocycles. The molecule has 3 heteroatoms. The predicted octanol–water partition coefficient (Wildman–Crippen LogP) is 1.70. The Morgan fingerprint density at radius 2 is 1.71 bits per heavy atom. The standard InChI is InChI=1S/C11H23NO2/c1-11(2,3)10(14)12-8-6-4-5-7-9-13/h13H,4-9H2,1-3H3,(H,12,14). The molecule has 0 rings (SSSR count). The van der Waals surface area contributed by atoms with Gasteiger partial charge in [0, 0.05) is 18.6 Å². The Morgan fingerprint density at radius 1 is 1.14 bits per heavy atom. The van der Waals surface area contributed by atoms with E-state index >= 15 is 0 Å². The van der Waals surface area contributed by atoms with Gasteiger partial charge >= 0.3 is 0 Å². The highest BCUT2D eigenvalue weighted by Crippen LogP contribution is 2.12. The molecule has 0 aromatic carbocycles. The van der Waals surface area contributed by atoms with Crippen LogP contribution in [0.3, 0.4) is 0 Å². The van der Waals surface area contributed by atoms with Crippen molar-refractivity contribution in [3.05, 3.63) is 0 Å². The fourth-order valence-corrected chi connectivity index (χ4v) is 1.06. The SMILES string of the molecule is CC(C)(C)C(=O)NCCCCCCO. The normalized spacial score (nSPS) is 11.4. The lowest BCUT2D eigenvalue weighted by Crippen LogP contribution is -2.35. The van der Waals surface area contributed by atoms with Crippen molar-refractivity contribution in [3.8, 4) is 0 Å². The van der Waals surface area contributed by atoms with Gasteiger partial charge in [0.15, 0.2) is 0 Å². The van der Waals surface area contributed by atoms with Crippen LogP contribution in [-0.2, 0) is 4.79 Å². The van der Waals surface area contributed by atoms with Crippen LogP contribution < -0.4 is 5.32 Å². The molecule has 0 heterocycles. The molecule has 2 N–H and O–H groups in total. The Morgan fingerprint density at radius 3 is 2.21 bits per heavy atom. The minimum atomic E-state index is -0.287. The molecule has 0 aliphatic heterocycles. The minimum Gasteiger partial charge on any atom is -0.396 e. The van der Waals surface area contributed by atoms with Crippen molar-refractivity contribution in [1.82, 2.24) is 5.32 Å². The Balaban J connectivity index is 3.33. The third-order valence-electron chi connectivity index (χ3n) is 2.05. The summed E-state index contributed by atoms with van der Waals surface area (Å²) in [5, 5.41) is 11.4. The van der Waals surface area contributed by atoms with Gasteiger partial charge in [-0.25, -0.2) is 0 Å². The number of aliphatic hydroxyl groups excluding tert-OH is 1. The maximum absolute atomic E-state index is 11.4. The van der Waals surface area contributed by atoms with Crippen LogP contribution in [0.2, 0.25) is 0 Å². The number of unbranched alkanes of at least 4 members (excludes halogenated alkanes) is 3. The zero-order valence-corrected chi connectivity index (χ0v) is 9.60. The molecule has 0 saturated carbocycles. The lowest BCUT2D eigenvalue weighted by molar-refractivity contribution is -0.128. The van der Waals surface area contributed by atoms with Crippen LogP contribution >= 0.6 is 0 Å². The Kier molecular flexibility index (Phi) is 6.54. The quantitative estimate of drug-likeness (QED) is 0.643. The summed E-state index contributed by atoms with van der Waals surface area (Å²) in [5.41, 5.74) is -0.287. The van der Waals surface area contributed by atoms with E-state index in [2.05, 4.69) is 5.32 Å². The van der Waals surface area contributed by atoms with Gasteiger partial charge in [0.05, 0.1) is 0 Å². The number of rotatable bonds is 6. The van der Waals surface area contributed by atoms with Crippen LogP contribution in [0, 0.1) is 5.41 Å². The summed E-state index contributed by atoms with van der Waals surface area (Å²) in [6.07, 6.45) is 3.99. The first-order chi connectivity index (χ1) is 6.48. The minimum absolute atomic E-state index is 0.111. The molecule has 1 amide bonds. The molecule has 0 fully saturated rings. The summed E-state index contributed by atoms with van der Waals surface area (Å²) in [6, 6.07) is 0. The Hall–Kier alpha value is -0.570. The molecule has 0 atom stereocenters. The summed E-state index contributed by atoms with van der Waals surface area (Å²) in [7, 11) is 0. The molecule has 3 nitrogen and oxygen atoms in total. The second kappa shape index (κ2) is 6.82. The Labute approximate surface area is 86.9 Å². The van der Waals surface area contributed by atoms with Gasteiger partial charge in [-0.1, -0.05) is 33.6 Å². The molecule has 0 bridgehead atoms. The smallest absolute Gasteiger partial charge is 0.225 e. The van der Waals surface area contributed by atoms with E-state index in [-0.39, 0.29) is 17.9 Å². The van der Waals surface area contributed by atoms with Crippen LogP contribution in [0.5, 0.6) is 0 Å². The molecule has 0 aromatic heterocycles. The van der Waals surface area contributed by atoms with Crippen molar-refractivity contribution in [2.75, 3.05) is 13.2 Å². The molecular formula is C11H23NO2. The maximum atomic E-state index is 11.4. The molecule has 0 radical (unpaired) electrons. The first-order valence-corrected chi connectivity index (χ1v) is 5.37. The van der Waals surface area contributed by atoms with Crippen molar-refractivity contribution in [3.63, 3.8) is 0 Å². The van der Waals surface area contributed by atoms with Crippen molar-refractivity contribution < 1.29 is 9.90 Å². The summed E-state index contributed by atoms with van der Waals surface area (Å²) in [4.78, 5) is 11.4. The number of nitrogens with one attached hydrogen (secondary N) is 1. The zero-order chi connectivity index (χ0) is 11.0. The fraction of sp³-hybridized carbons (Fsp3) is 0.909. The van der Waals surface area contributed by atoms with Crippen LogP contribution in [-0.4, -0.2) is 24.2 Å². The van der Waals surface area contributed by atoms with E-state index in [1.807, 2.05) is 20.8 Å². The number of carbonyl (C=O) groups excluding carboxylic acids is 1. The molecule has 0 spiro atoms. The molecule has 84 valence electrons. The van der Waals surface area contributed by atoms with E-state index in [0.717, 1.165) is 32.2 Å². The second-order valence-electron chi connectivity index (χ2n) is 4.64. The van der Waals surface area contributed by atoms with E-state index in [1.54, 1.807) is 0 Å².